The Morgan fingerprint density at radius 3 is 2.83 bits per heavy atom. The highest BCUT2D eigenvalue weighted by atomic mass is 32.2. The standard InChI is InChI=1S/C14H28N2OS/c1-4-7-14(8-9-15-11-14)13(17)16-12(3)6-10-18-5-2/h12,15H,4-11H2,1-3H3,(H,16,17). The molecular formula is C14H28N2OS. The van der Waals surface area contributed by atoms with E-state index in [1.54, 1.807) is 0 Å². The van der Waals surface area contributed by atoms with E-state index in [-0.39, 0.29) is 11.3 Å². The van der Waals surface area contributed by atoms with Crippen LogP contribution in [0.1, 0.15) is 46.5 Å². The summed E-state index contributed by atoms with van der Waals surface area (Å²) in [7, 11) is 0. The number of thioether (sulfide) groups is 1. The normalized spacial score (nSPS) is 25.1. The summed E-state index contributed by atoms with van der Waals surface area (Å²) in [5.41, 5.74) is -0.138. The first-order valence-electron chi connectivity index (χ1n) is 7.24. The van der Waals surface area contributed by atoms with E-state index in [9.17, 15) is 4.79 Å². The second-order valence-electron chi connectivity index (χ2n) is 5.32. The molecule has 2 N–H and O–H groups in total. The third kappa shape index (κ3) is 4.47. The van der Waals surface area contributed by atoms with Gasteiger partial charge in [0.25, 0.3) is 0 Å². The minimum absolute atomic E-state index is 0.138. The average Bonchev–Trinajstić information content (AvgIpc) is 2.80. The lowest BCUT2D eigenvalue weighted by atomic mass is 9.81. The number of hydrogen-bond acceptors (Lipinski definition) is 3. The number of carbonyl (C=O) groups is 1. The minimum atomic E-state index is -0.138. The Morgan fingerprint density at radius 1 is 1.50 bits per heavy atom. The lowest BCUT2D eigenvalue weighted by molar-refractivity contribution is -0.131. The fraction of sp³-hybridized carbons (Fsp3) is 0.929. The van der Waals surface area contributed by atoms with Gasteiger partial charge in [0.2, 0.25) is 5.91 Å². The number of rotatable bonds is 8. The summed E-state index contributed by atoms with van der Waals surface area (Å²) in [5.74, 6) is 2.56. The highest BCUT2D eigenvalue weighted by molar-refractivity contribution is 7.99. The third-order valence-corrected chi connectivity index (χ3v) is 4.66. The zero-order valence-corrected chi connectivity index (χ0v) is 12.9. The number of hydrogen-bond donors (Lipinski definition) is 2. The van der Waals surface area contributed by atoms with Crippen LogP contribution < -0.4 is 10.6 Å². The molecule has 106 valence electrons. The van der Waals surface area contributed by atoms with Gasteiger partial charge >= 0.3 is 0 Å². The molecule has 3 nitrogen and oxygen atoms in total. The predicted octanol–water partition coefficient (Wildman–Crippen LogP) is 2.41. The molecular weight excluding hydrogens is 244 g/mol. The topological polar surface area (TPSA) is 41.1 Å². The van der Waals surface area contributed by atoms with Gasteiger partial charge < -0.3 is 10.6 Å². The molecule has 0 radical (unpaired) electrons. The molecule has 1 rings (SSSR count). The van der Waals surface area contributed by atoms with Gasteiger partial charge in [-0.2, -0.15) is 11.8 Å². The minimum Gasteiger partial charge on any atom is -0.353 e. The van der Waals surface area contributed by atoms with E-state index in [1.165, 1.54) is 0 Å². The van der Waals surface area contributed by atoms with E-state index in [0.29, 0.717) is 6.04 Å². The van der Waals surface area contributed by atoms with Crippen LogP contribution in [0.2, 0.25) is 0 Å². The fourth-order valence-electron chi connectivity index (χ4n) is 2.60. The molecule has 1 saturated heterocycles. The first-order chi connectivity index (χ1) is 8.64. The Labute approximate surface area is 116 Å². The zero-order chi connectivity index (χ0) is 13.4. The highest BCUT2D eigenvalue weighted by Crippen LogP contribution is 2.31. The van der Waals surface area contributed by atoms with Crippen LogP contribution in [0.5, 0.6) is 0 Å². The summed E-state index contributed by atoms with van der Waals surface area (Å²) >= 11 is 1.94. The van der Waals surface area contributed by atoms with Crippen LogP contribution in [0.3, 0.4) is 0 Å². The first-order valence-corrected chi connectivity index (χ1v) is 8.39. The molecule has 1 aliphatic heterocycles. The van der Waals surface area contributed by atoms with Crippen molar-refractivity contribution in [3.63, 3.8) is 0 Å². The Hall–Kier alpha value is -0.220. The molecule has 0 spiro atoms. The van der Waals surface area contributed by atoms with E-state index in [0.717, 1.165) is 50.3 Å². The van der Waals surface area contributed by atoms with Crippen molar-refractivity contribution in [3.05, 3.63) is 0 Å². The van der Waals surface area contributed by atoms with Crippen LogP contribution in [-0.4, -0.2) is 36.5 Å². The smallest absolute Gasteiger partial charge is 0.227 e. The number of amides is 1. The van der Waals surface area contributed by atoms with E-state index in [2.05, 4.69) is 31.4 Å². The summed E-state index contributed by atoms with van der Waals surface area (Å²) in [5, 5.41) is 6.55. The molecule has 1 heterocycles. The average molecular weight is 272 g/mol. The summed E-state index contributed by atoms with van der Waals surface area (Å²) in [6, 6.07) is 0.297. The first kappa shape index (κ1) is 15.8. The van der Waals surface area contributed by atoms with Crippen molar-refractivity contribution in [2.45, 2.75) is 52.5 Å². The largest absolute Gasteiger partial charge is 0.353 e. The Bertz CT molecular complexity index is 252. The molecule has 1 fully saturated rings. The van der Waals surface area contributed by atoms with Gasteiger partial charge in [-0.05, 0) is 44.2 Å². The maximum atomic E-state index is 12.4. The molecule has 0 bridgehead atoms. The summed E-state index contributed by atoms with van der Waals surface area (Å²) in [6.45, 7) is 8.29. The van der Waals surface area contributed by atoms with E-state index >= 15 is 0 Å². The van der Waals surface area contributed by atoms with Crippen LogP contribution in [0, 0.1) is 5.41 Å². The van der Waals surface area contributed by atoms with Gasteiger partial charge in [0.1, 0.15) is 0 Å². The predicted molar refractivity (Wildman–Crippen MR) is 80.0 cm³/mol. The lowest BCUT2D eigenvalue weighted by Gasteiger charge is -2.28. The van der Waals surface area contributed by atoms with E-state index in [1.807, 2.05) is 11.8 Å². The van der Waals surface area contributed by atoms with Crippen molar-refractivity contribution in [1.29, 1.82) is 0 Å². The van der Waals surface area contributed by atoms with Gasteiger partial charge in [0.15, 0.2) is 0 Å². The molecule has 0 aromatic carbocycles. The van der Waals surface area contributed by atoms with Crippen molar-refractivity contribution in [1.82, 2.24) is 10.6 Å². The summed E-state index contributed by atoms with van der Waals surface area (Å²) in [6.07, 6.45) is 4.14. The van der Waals surface area contributed by atoms with Crippen molar-refractivity contribution in [2.24, 2.45) is 5.41 Å². The Morgan fingerprint density at radius 2 is 2.28 bits per heavy atom. The van der Waals surface area contributed by atoms with Crippen LogP contribution in [-0.2, 0) is 4.79 Å². The van der Waals surface area contributed by atoms with Crippen LogP contribution in [0.15, 0.2) is 0 Å². The van der Waals surface area contributed by atoms with Crippen LogP contribution in [0.4, 0.5) is 0 Å². The molecule has 0 aromatic heterocycles. The molecule has 2 atom stereocenters. The third-order valence-electron chi connectivity index (χ3n) is 3.73. The molecule has 4 heteroatoms. The molecule has 1 amide bonds. The molecule has 0 aliphatic carbocycles. The van der Waals surface area contributed by atoms with Crippen LogP contribution in [0.25, 0.3) is 0 Å². The van der Waals surface area contributed by atoms with Gasteiger partial charge in [0, 0.05) is 12.6 Å². The van der Waals surface area contributed by atoms with Gasteiger partial charge in [-0.15, -0.1) is 0 Å². The van der Waals surface area contributed by atoms with Gasteiger partial charge in [-0.3, -0.25) is 4.79 Å². The van der Waals surface area contributed by atoms with E-state index < -0.39 is 0 Å². The van der Waals surface area contributed by atoms with Crippen molar-refractivity contribution >= 4 is 17.7 Å². The second kappa shape index (κ2) is 8.05. The molecule has 0 aromatic rings. The van der Waals surface area contributed by atoms with Gasteiger partial charge in [-0.1, -0.05) is 20.3 Å². The number of carbonyl (C=O) groups excluding carboxylic acids is 1. The van der Waals surface area contributed by atoms with Crippen molar-refractivity contribution < 1.29 is 4.79 Å². The molecule has 2 unspecified atom stereocenters. The van der Waals surface area contributed by atoms with Crippen LogP contribution >= 0.6 is 11.8 Å². The summed E-state index contributed by atoms with van der Waals surface area (Å²) < 4.78 is 0. The van der Waals surface area contributed by atoms with Crippen molar-refractivity contribution in [2.75, 3.05) is 24.6 Å². The van der Waals surface area contributed by atoms with Crippen molar-refractivity contribution in [3.8, 4) is 0 Å². The maximum absolute atomic E-state index is 12.4. The molecule has 1 aliphatic rings. The van der Waals surface area contributed by atoms with Gasteiger partial charge in [0.05, 0.1) is 5.41 Å². The monoisotopic (exact) mass is 272 g/mol. The molecule has 0 saturated carbocycles. The van der Waals surface area contributed by atoms with E-state index in [4.69, 9.17) is 0 Å². The SMILES string of the molecule is CCCC1(C(=O)NC(C)CCSCC)CCNC1. The molecule has 18 heavy (non-hydrogen) atoms. The Balaban J connectivity index is 2.41. The zero-order valence-electron chi connectivity index (χ0n) is 12.1. The summed E-state index contributed by atoms with van der Waals surface area (Å²) in [4.78, 5) is 12.4. The lowest BCUT2D eigenvalue weighted by Crippen LogP contribution is -2.46. The quantitative estimate of drug-likeness (QED) is 0.667. The van der Waals surface area contributed by atoms with Gasteiger partial charge in [-0.25, -0.2) is 0 Å². The Kier molecular flexibility index (Phi) is 7.08. The second-order valence-corrected chi connectivity index (χ2v) is 6.71. The maximum Gasteiger partial charge on any atom is 0.227 e. The highest BCUT2D eigenvalue weighted by Gasteiger charge is 2.40. The number of nitrogens with one attached hydrogen (secondary N) is 2. The fourth-order valence-corrected chi connectivity index (χ4v) is 3.41.